The summed E-state index contributed by atoms with van der Waals surface area (Å²) in [5, 5.41) is 4.86. The number of nitrogen functional groups attached to an aromatic ring is 1. The number of rotatable bonds is 2. The summed E-state index contributed by atoms with van der Waals surface area (Å²) >= 11 is 0. The highest BCUT2D eigenvalue weighted by Crippen LogP contribution is 2.08. The Labute approximate surface area is 94.1 Å². The molecule has 1 aromatic carbocycles. The summed E-state index contributed by atoms with van der Waals surface area (Å²) in [4.78, 5) is 16.9. The fourth-order valence-corrected chi connectivity index (χ4v) is 1.52. The van der Waals surface area contributed by atoms with Gasteiger partial charge in [-0.05, 0) is 24.3 Å². The van der Waals surface area contributed by atoms with Crippen LogP contribution < -0.4 is 11.1 Å². The van der Waals surface area contributed by atoms with Crippen LogP contribution in [-0.4, -0.2) is 37.2 Å². The monoisotopic (exact) mass is 221 g/mol. The molecule has 0 atom stereocenters. The topological polar surface area (TPSA) is 67.6 Å². The molecule has 0 unspecified atom stereocenters. The average Bonchev–Trinajstić information content (AvgIpc) is 2.31. The highest BCUT2D eigenvalue weighted by molar-refractivity contribution is 5.89. The van der Waals surface area contributed by atoms with Gasteiger partial charge in [-0.3, -0.25) is 0 Å². The average molecular weight is 221 g/mol. The van der Waals surface area contributed by atoms with Crippen molar-refractivity contribution in [1.82, 2.24) is 10.4 Å². The fraction of sp³-hybridized carbons (Fsp3) is 0.364. The predicted octanol–water partition coefficient (Wildman–Crippen LogP) is 0.246. The second-order valence-corrected chi connectivity index (χ2v) is 3.68. The van der Waals surface area contributed by atoms with Crippen molar-refractivity contribution in [3.8, 4) is 0 Å². The highest BCUT2D eigenvalue weighted by Gasteiger charge is 2.15. The summed E-state index contributed by atoms with van der Waals surface area (Å²) in [6.45, 7) is 3.13. The molecule has 2 rings (SSSR count). The molecule has 16 heavy (non-hydrogen) atoms. The molecule has 0 spiro atoms. The zero-order chi connectivity index (χ0) is 11.4. The van der Waals surface area contributed by atoms with Crippen molar-refractivity contribution in [3.05, 3.63) is 29.8 Å². The van der Waals surface area contributed by atoms with Gasteiger partial charge in [0, 0.05) is 31.9 Å². The molecule has 1 aliphatic heterocycles. The van der Waals surface area contributed by atoms with Gasteiger partial charge in [0.05, 0.1) is 5.56 Å². The Kier molecular flexibility index (Phi) is 3.38. The minimum absolute atomic E-state index is 0.332. The molecular weight excluding hydrogens is 206 g/mol. The maximum atomic E-state index is 11.7. The molecule has 1 aliphatic rings. The van der Waals surface area contributed by atoms with Crippen LogP contribution in [0, 0.1) is 0 Å². The van der Waals surface area contributed by atoms with E-state index in [1.165, 1.54) is 0 Å². The largest absolute Gasteiger partial charge is 0.399 e. The quantitative estimate of drug-likeness (QED) is 0.700. The van der Waals surface area contributed by atoms with E-state index >= 15 is 0 Å². The van der Waals surface area contributed by atoms with Crippen LogP contribution in [0.5, 0.6) is 0 Å². The minimum atomic E-state index is -0.332. The van der Waals surface area contributed by atoms with Gasteiger partial charge in [0.15, 0.2) is 0 Å². The second-order valence-electron chi connectivity index (χ2n) is 3.68. The first kappa shape index (κ1) is 10.9. The maximum Gasteiger partial charge on any atom is 0.357 e. The van der Waals surface area contributed by atoms with Crippen LogP contribution in [0.15, 0.2) is 24.3 Å². The summed E-state index contributed by atoms with van der Waals surface area (Å²) in [6.07, 6.45) is 0. The molecule has 0 amide bonds. The van der Waals surface area contributed by atoms with Crippen molar-refractivity contribution in [2.45, 2.75) is 0 Å². The summed E-state index contributed by atoms with van der Waals surface area (Å²) in [5.41, 5.74) is 6.70. The molecule has 1 saturated heterocycles. The zero-order valence-corrected chi connectivity index (χ0v) is 8.98. The fourth-order valence-electron chi connectivity index (χ4n) is 1.52. The summed E-state index contributed by atoms with van der Waals surface area (Å²) < 4.78 is 0. The molecule has 3 N–H and O–H groups in total. The summed E-state index contributed by atoms with van der Waals surface area (Å²) in [6, 6.07) is 6.71. The number of anilines is 1. The van der Waals surface area contributed by atoms with Crippen LogP contribution in [0.1, 0.15) is 10.4 Å². The van der Waals surface area contributed by atoms with E-state index in [-0.39, 0.29) is 5.97 Å². The molecule has 5 heteroatoms. The third-order valence-electron chi connectivity index (χ3n) is 2.43. The number of nitrogens with two attached hydrogens (primary N) is 1. The molecule has 1 aromatic rings. The molecule has 1 heterocycles. The molecule has 0 saturated carbocycles. The first-order valence-electron chi connectivity index (χ1n) is 5.29. The van der Waals surface area contributed by atoms with Crippen molar-refractivity contribution in [2.24, 2.45) is 0 Å². The number of hydrogen-bond acceptors (Lipinski definition) is 5. The molecule has 86 valence electrons. The van der Waals surface area contributed by atoms with Gasteiger partial charge in [-0.15, -0.1) is 5.06 Å². The lowest BCUT2D eigenvalue weighted by Gasteiger charge is -2.25. The van der Waals surface area contributed by atoms with Crippen LogP contribution in [0.2, 0.25) is 0 Å². The van der Waals surface area contributed by atoms with Crippen LogP contribution in [0.25, 0.3) is 0 Å². The number of benzene rings is 1. The SMILES string of the molecule is Nc1ccc(C(=O)ON2CCNCC2)cc1. The van der Waals surface area contributed by atoms with E-state index in [4.69, 9.17) is 10.6 Å². The van der Waals surface area contributed by atoms with E-state index in [2.05, 4.69) is 5.32 Å². The van der Waals surface area contributed by atoms with Crippen LogP contribution >= 0.6 is 0 Å². The second kappa shape index (κ2) is 4.96. The Morgan fingerprint density at radius 1 is 1.25 bits per heavy atom. The van der Waals surface area contributed by atoms with E-state index in [0.717, 1.165) is 26.2 Å². The first-order chi connectivity index (χ1) is 7.75. The number of hydroxylamine groups is 2. The number of carbonyl (C=O) groups is 1. The molecule has 5 nitrogen and oxygen atoms in total. The lowest BCUT2D eigenvalue weighted by atomic mass is 10.2. The van der Waals surface area contributed by atoms with E-state index in [1.54, 1.807) is 29.3 Å². The smallest absolute Gasteiger partial charge is 0.357 e. The Morgan fingerprint density at radius 3 is 2.50 bits per heavy atom. The number of carbonyl (C=O) groups excluding carboxylic acids is 1. The standard InChI is InChI=1S/C11H15N3O2/c12-10-3-1-9(2-4-10)11(15)16-14-7-5-13-6-8-14/h1-4,13H,5-8,12H2. The van der Waals surface area contributed by atoms with Crippen molar-refractivity contribution in [2.75, 3.05) is 31.9 Å². The Balaban J connectivity index is 1.94. The van der Waals surface area contributed by atoms with Gasteiger partial charge >= 0.3 is 5.97 Å². The Bertz CT molecular complexity index is 358. The van der Waals surface area contributed by atoms with Gasteiger partial charge in [-0.1, -0.05) is 0 Å². The summed E-state index contributed by atoms with van der Waals surface area (Å²) in [7, 11) is 0. The van der Waals surface area contributed by atoms with Crippen LogP contribution in [0.3, 0.4) is 0 Å². The molecule has 0 bridgehead atoms. The Morgan fingerprint density at radius 2 is 1.88 bits per heavy atom. The van der Waals surface area contributed by atoms with Gasteiger partial charge in [0.2, 0.25) is 0 Å². The zero-order valence-electron chi connectivity index (χ0n) is 8.98. The van der Waals surface area contributed by atoms with Gasteiger partial charge in [0.1, 0.15) is 0 Å². The normalized spacial score (nSPS) is 17.0. The molecule has 0 aromatic heterocycles. The number of nitrogens with zero attached hydrogens (tertiary/aromatic N) is 1. The van der Waals surface area contributed by atoms with E-state index in [9.17, 15) is 4.79 Å². The molecule has 0 radical (unpaired) electrons. The van der Waals surface area contributed by atoms with Gasteiger partial charge < -0.3 is 15.9 Å². The van der Waals surface area contributed by atoms with Crippen molar-refractivity contribution < 1.29 is 9.63 Å². The van der Waals surface area contributed by atoms with Gasteiger partial charge in [0.25, 0.3) is 0 Å². The van der Waals surface area contributed by atoms with Crippen molar-refractivity contribution in [3.63, 3.8) is 0 Å². The molecular formula is C11H15N3O2. The molecule has 0 aliphatic carbocycles. The van der Waals surface area contributed by atoms with Crippen molar-refractivity contribution in [1.29, 1.82) is 0 Å². The number of hydrogen-bond donors (Lipinski definition) is 2. The minimum Gasteiger partial charge on any atom is -0.399 e. The lowest BCUT2D eigenvalue weighted by molar-refractivity contribution is -0.115. The van der Waals surface area contributed by atoms with Crippen molar-refractivity contribution >= 4 is 11.7 Å². The van der Waals surface area contributed by atoms with Crippen LogP contribution in [-0.2, 0) is 4.84 Å². The lowest BCUT2D eigenvalue weighted by Crippen LogP contribution is -2.44. The number of nitrogens with one attached hydrogen (secondary N) is 1. The Hall–Kier alpha value is -1.59. The third-order valence-corrected chi connectivity index (χ3v) is 2.43. The van der Waals surface area contributed by atoms with Gasteiger partial charge in [-0.2, -0.15) is 0 Å². The number of piperazine rings is 1. The highest BCUT2D eigenvalue weighted by atomic mass is 16.7. The first-order valence-corrected chi connectivity index (χ1v) is 5.29. The van der Waals surface area contributed by atoms with E-state index in [0.29, 0.717) is 11.3 Å². The van der Waals surface area contributed by atoms with E-state index < -0.39 is 0 Å². The van der Waals surface area contributed by atoms with Gasteiger partial charge in [-0.25, -0.2) is 4.79 Å². The van der Waals surface area contributed by atoms with Crippen LogP contribution in [0.4, 0.5) is 5.69 Å². The summed E-state index contributed by atoms with van der Waals surface area (Å²) in [5.74, 6) is -0.332. The predicted molar refractivity (Wildman–Crippen MR) is 60.7 cm³/mol. The maximum absolute atomic E-state index is 11.7. The van der Waals surface area contributed by atoms with E-state index in [1.807, 2.05) is 0 Å². The third kappa shape index (κ3) is 2.71. The molecule has 1 fully saturated rings.